The number of rotatable bonds is 4. The standard InChI is InChI=1S/C13H18N2O/c1-10(5-6-14)11-3-2-4-12(9-11)13-15-7-8-16-13/h2-4,9-10H,5-8,14H2,1H3. The monoisotopic (exact) mass is 218 g/mol. The van der Waals surface area contributed by atoms with E-state index in [0.29, 0.717) is 12.5 Å². The Kier molecular flexibility index (Phi) is 3.57. The second-order valence-corrected chi connectivity index (χ2v) is 4.14. The quantitative estimate of drug-likeness (QED) is 0.839. The fraction of sp³-hybridized carbons (Fsp3) is 0.462. The van der Waals surface area contributed by atoms with Crippen LogP contribution < -0.4 is 5.73 Å². The lowest BCUT2D eigenvalue weighted by Gasteiger charge is -2.11. The third kappa shape index (κ3) is 2.42. The van der Waals surface area contributed by atoms with Crippen molar-refractivity contribution in [2.24, 2.45) is 10.7 Å². The first-order valence-electron chi connectivity index (χ1n) is 5.79. The Hall–Kier alpha value is -1.35. The molecule has 1 heterocycles. The van der Waals surface area contributed by atoms with Gasteiger partial charge in [-0.25, -0.2) is 4.99 Å². The summed E-state index contributed by atoms with van der Waals surface area (Å²) in [5.41, 5.74) is 7.97. The largest absolute Gasteiger partial charge is 0.476 e. The van der Waals surface area contributed by atoms with Gasteiger partial charge in [0.25, 0.3) is 0 Å². The molecule has 0 aliphatic carbocycles. The normalized spacial score (nSPS) is 16.8. The first-order valence-corrected chi connectivity index (χ1v) is 5.79. The van der Waals surface area contributed by atoms with E-state index in [1.54, 1.807) is 0 Å². The molecule has 0 spiro atoms. The van der Waals surface area contributed by atoms with Crippen molar-refractivity contribution in [3.63, 3.8) is 0 Å². The Labute approximate surface area is 96.3 Å². The highest BCUT2D eigenvalue weighted by molar-refractivity contribution is 5.95. The number of nitrogens with zero attached hydrogens (tertiary/aromatic N) is 1. The van der Waals surface area contributed by atoms with E-state index in [1.165, 1.54) is 5.56 Å². The van der Waals surface area contributed by atoms with Gasteiger partial charge in [-0.1, -0.05) is 19.1 Å². The highest BCUT2D eigenvalue weighted by Crippen LogP contribution is 2.20. The zero-order chi connectivity index (χ0) is 11.4. The smallest absolute Gasteiger partial charge is 0.216 e. The molecule has 0 bridgehead atoms. The zero-order valence-electron chi connectivity index (χ0n) is 9.65. The van der Waals surface area contributed by atoms with Gasteiger partial charge in [0, 0.05) is 5.56 Å². The predicted molar refractivity (Wildman–Crippen MR) is 65.9 cm³/mol. The summed E-state index contributed by atoms with van der Waals surface area (Å²) in [7, 11) is 0. The molecule has 0 amide bonds. The van der Waals surface area contributed by atoms with Crippen LogP contribution in [-0.4, -0.2) is 25.6 Å². The van der Waals surface area contributed by atoms with Crippen molar-refractivity contribution in [3.8, 4) is 0 Å². The van der Waals surface area contributed by atoms with Gasteiger partial charge in [-0.3, -0.25) is 0 Å². The topological polar surface area (TPSA) is 47.6 Å². The molecule has 86 valence electrons. The molecular weight excluding hydrogens is 200 g/mol. The molecule has 0 fully saturated rings. The summed E-state index contributed by atoms with van der Waals surface area (Å²) < 4.78 is 5.46. The van der Waals surface area contributed by atoms with Crippen molar-refractivity contribution in [1.82, 2.24) is 0 Å². The predicted octanol–water partition coefficient (Wildman–Crippen LogP) is 1.92. The van der Waals surface area contributed by atoms with Gasteiger partial charge in [0.2, 0.25) is 5.90 Å². The summed E-state index contributed by atoms with van der Waals surface area (Å²) in [6.07, 6.45) is 1.01. The average Bonchev–Trinajstić information content (AvgIpc) is 2.83. The minimum Gasteiger partial charge on any atom is -0.476 e. The van der Waals surface area contributed by atoms with Gasteiger partial charge < -0.3 is 10.5 Å². The fourth-order valence-corrected chi connectivity index (χ4v) is 1.90. The molecule has 3 heteroatoms. The van der Waals surface area contributed by atoms with Gasteiger partial charge in [0.1, 0.15) is 6.61 Å². The maximum Gasteiger partial charge on any atom is 0.216 e. The second kappa shape index (κ2) is 5.12. The third-order valence-corrected chi connectivity index (χ3v) is 2.89. The van der Waals surface area contributed by atoms with Gasteiger partial charge in [-0.15, -0.1) is 0 Å². The van der Waals surface area contributed by atoms with Crippen molar-refractivity contribution in [1.29, 1.82) is 0 Å². The first-order chi connectivity index (χ1) is 7.81. The van der Waals surface area contributed by atoms with Gasteiger partial charge in [0.05, 0.1) is 6.54 Å². The van der Waals surface area contributed by atoms with Crippen LogP contribution in [0.3, 0.4) is 0 Å². The highest BCUT2D eigenvalue weighted by atomic mass is 16.5. The molecule has 1 aliphatic heterocycles. The van der Waals surface area contributed by atoms with Crippen LogP contribution in [0.5, 0.6) is 0 Å². The molecule has 0 radical (unpaired) electrons. The number of ether oxygens (including phenoxy) is 1. The van der Waals surface area contributed by atoms with E-state index >= 15 is 0 Å². The summed E-state index contributed by atoms with van der Waals surface area (Å²) in [5, 5.41) is 0. The Balaban J connectivity index is 2.19. The Morgan fingerprint density at radius 1 is 1.50 bits per heavy atom. The van der Waals surface area contributed by atoms with E-state index in [9.17, 15) is 0 Å². The number of hydrogen-bond donors (Lipinski definition) is 1. The number of nitrogens with two attached hydrogens (primary N) is 1. The molecule has 1 aliphatic rings. The summed E-state index contributed by atoms with van der Waals surface area (Å²) in [4.78, 5) is 4.32. The zero-order valence-corrected chi connectivity index (χ0v) is 9.65. The summed E-state index contributed by atoms with van der Waals surface area (Å²) in [6, 6.07) is 8.40. The highest BCUT2D eigenvalue weighted by Gasteiger charge is 2.12. The molecule has 16 heavy (non-hydrogen) atoms. The molecule has 2 rings (SSSR count). The number of aliphatic imine (C=N–C) groups is 1. The molecule has 0 aromatic heterocycles. The Bertz CT molecular complexity index is 387. The molecular formula is C13H18N2O. The number of hydrogen-bond acceptors (Lipinski definition) is 3. The molecule has 1 atom stereocenters. The van der Waals surface area contributed by atoms with Gasteiger partial charge in [-0.2, -0.15) is 0 Å². The van der Waals surface area contributed by atoms with Crippen LogP contribution in [0.4, 0.5) is 0 Å². The second-order valence-electron chi connectivity index (χ2n) is 4.14. The van der Waals surface area contributed by atoms with Crippen molar-refractivity contribution in [2.75, 3.05) is 19.7 Å². The SMILES string of the molecule is CC(CCN)c1cccc(C2=NCCO2)c1. The lowest BCUT2D eigenvalue weighted by Crippen LogP contribution is -2.06. The van der Waals surface area contributed by atoms with Crippen molar-refractivity contribution >= 4 is 5.90 Å². The van der Waals surface area contributed by atoms with Gasteiger partial charge in [-0.05, 0) is 36.6 Å². The van der Waals surface area contributed by atoms with E-state index in [-0.39, 0.29) is 0 Å². The third-order valence-electron chi connectivity index (χ3n) is 2.89. The fourth-order valence-electron chi connectivity index (χ4n) is 1.90. The molecule has 1 aromatic carbocycles. The van der Waals surface area contributed by atoms with Crippen molar-refractivity contribution < 1.29 is 4.74 Å². The van der Waals surface area contributed by atoms with E-state index < -0.39 is 0 Å². The van der Waals surface area contributed by atoms with Crippen LogP contribution in [-0.2, 0) is 4.74 Å². The molecule has 3 nitrogen and oxygen atoms in total. The number of benzene rings is 1. The molecule has 2 N–H and O–H groups in total. The lowest BCUT2D eigenvalue weighted by atomic mass is 9.96. The molecule has 0 saturated carbocycles. The van der Waals surface area contributed by atoms with Crippen molar-refractivity contribution in [2.45, 2.75) is 19.3 Å². The summed E-state index contributed by atoms with van der Waals surface area (Å²) in [6.45, 7) is 4.40. The minimum atomic E-state index is 0.493. The van der Waals surface area contributed by atoms with Crippen molar-refractivity contribution in [3.05, 3.63) is 35.4 Å². The molecule has 1 unspecified atom stereocenters. The van der Waals surface area contributed by atoms with Crippen LogP contribution >= 0.6 is 0 Å². The van der Waals surface area contributed by atoms with Crippen LogP contribution in [0.15, 0.2) is 29.3 Å². The van der Waals surface area contributed by atoms with E-state index in [0.717, 1.165) is 31.0 Å². The van der Waals surface area contributed by atoms with Crippen LogP contribution in [0.1, 0.15) is 30.4 Å². The van der Waals surface area contributed by atoms with E-state index in [1.807, 2.05) is 6.07 Å². The maximum absolute atomic E-state index is 5.58. The summed E-state index contributed by atoms with van der Waals surface area (Å²) >= 11 is 0. The average molecular weight is 218 g/mol. The minimum absolute atomic E-state index is 0.493. The Morgan fingerprint density at radius 3 is 3.06 bits per heavy atom. The first kappa shape index (κ1) is 11.1. The maximum atomic E-state index is 5.58. The van der Waals surface area contributed by atoms with Crippen LogP contribution in [0.2, 0.25) is 0 Å². The van der Waals surface area contributed by atoms with Crippen LogP contribution in [0, 0.1) is 0 Å². The van der Waals surface area contributed by atoms with Gasteiger partial charge in [0.15, 0.2) is 0 Å². The molecule has 0 saturated heterocycles. The van der Waals surface area contributed by atoms with E-state index in [4.69, 9.17) is 10.5 Å². The van der Waals surface area contributed by atoms with E-state index in [2.05, 4.69) is 30.1 Å². The Morgan fingerprint density at radius 2 is 2.38 bits per heavy atom. The lowest BCUT2D eigenvalue weighted by molar-refractivity contribution is 0.348. The van der Waals surface area contributed by atoms with Gasteiger partial charge >= 0.3 is 0 Å². The molecule has 1 aromatic rings. The van der Waals surface area contributed by atoms with Crippen LogP contribution in [0.25, 0.3) is 0 Å². The summed E-state index contributed by atoms with van der Waals surface area (Å²) in [5.74, 6) is 1.27.